The average molecular weight is 372 g/mol. The van der Waals surface area contributed by atoms with Gasteiger partial charge in [-0.3, -0.25) is 4.98 Å². The van der Waals surface area contributed by atoms with Crippen LogP contribution in [-0.4, -0.2) is 31.2 Å². The van der Waals surface area contributed by atoms with Gasteiger partial charge in [0, 0.05) is 42.9 Å². The highest BCUT2D eigenvalue weighted by molar-refractivity contribution is 5.96. The van der Waals surface area contributed by atoms with E-state index in [0.29, 0.717) is 0 Å². The number of piperazine rings is 1. The fourth-order valence-electron chi connectivity index (χ4n) is 4.93. The monoisotopic (exact) mass is 371 g/mol. The first-order chi connectivity index (χ1) is 13.8. The first-order valence-corrected chi connectivity index (χ1v) is 10.8. The van der Waals surface area contributed by atoms with Crippen LogP contribution < -0.4 is 9.80 Å². The summed E-state index contributed by atoms with van der Waals surface area (Å²) >= 11 is 0. The van der Waals surface area contributed by atoms with Crippen LogP contribution in [0.2, 0.25) is 0 Å². The highest BCUT2D eigenvalue weighted by atomic mass is 15.3. The molecule has 5 rings (SSSR count). The van der Waals surface area contributed by atoms with E-state index in [1.807, 2.05) is 0 Å². The Kier molecular flexibility index (Phi) is 4.67. The number of rotatable bonds is 2. The molecule has 0 radical (unpaired) electrons. The van der Waals surface area contributed by atoms with Crippen molar-refractivity contribution in [3.05, 3.63) is 65.4 Å². The van der Waals surface area contributed by atoms with Crippen molar-refractivity contribution in [2.24, 2.45) is 0 Å². The number of hydrogen-bond acceptors (Lipinski definition) is 3. The van der Waals surface area contributed by atoms with E-state index < -0.39 is 0 Å². The molecular formula is C25H29N3. The van der Waals surface area contributed by atoms with Gasteiger partial charge in [-0.2, -0.15) is 0 Å². The molecule has 0 amide bonds. The molecule has 1 aliphatic heterocycles. The molecule has 2 heterocycles. The van der Waals surface area contributed by atoms with Gasteiger partial charge >= 0.3 is 0 Å². The summed E-state index contributed by atoms with van der Waals surface area (Å²) in [4.78, 5) is 10.3. The first-order valence-electron chi connectivity index (χ1n) is 10.8. The minimum Gasteiger partial charge on any atom is -0.368 e. The highest BCUT2D eigenvalue weighted by Crippen LogP contribution is 2.37. The maximum atomic E-state index is 5.16. The van der Waals surface area contributed by atoms with Gasteiger partial charge in [-0.25, -0.2) is 0 Å². The average Bonchev–Trinajstić information content (AvgIpc) is 2.99. The summed E-state index contributed by atoms with van der Waals surface area (Å²) in [5.74, 6) is 0. The van der Waals surface area contributed by atoms with Crippen molar-refractivity contribution in [3.63, 3.8) is 0 Å². The molecule has 28 heavy (non-hydrogen) atoms. The quantitative estimate of drug-likeness (QED) is 0.582. The van der Waals surface area contributed by atoms with Gasteiger partial charge in [0.05, 0.1) is 11.2 Å². The molecule has 0 saturated carbocycles. The topological polar surface area (TPSA) is 19.4 Å². The molecule has 1 saturated heterocycles. The van der Waals surface area contributed by atoms with Crippen molar-refractivity contribution in [3.8, 4) is 0 Å². The summed E-state index contributed by atoms with van der Waals surface area (Å²) in [7, 11) is 0. The van der Waals surface area contributed by atoms with Crippen LogP contribution in [0.1, 0.15) is 36.1 Å². The minimum atomic E-state index is 1.08. The largest absolute Gasteiger partial charge is 0.368 e. The molecule has 0 atom stereocenters. The van der Waals surface area contributed by atoms with Gasteiger partial charge in [0.1, 0.15) is 0 Å². The van der Waals surface area contributed by atoms with Gasteiger partial charge in [0.15, 0.2) is 0 Å². The highest BCUT2D eigenvalue weighted by Gasteiger charge is 2.25. The number of para-hydroxylation sites is 2. The van der Waals surface area contributed by atoms with Crippen molar-refractivity contribution in [2.45, 2.75) is 39.0 Å². The number of anilines is 2. The molecule has 0 spiro atoms. The molecule has 3 aromatic rings. The molecule has 2 aliphatic rings. The van der Waals surface area contributed by atoms with Crippen LogP contribution in [0.5, 0.6) is 0 Å². The second-order valence-electron chi connectivity index (χ2n) is 8.23. The fraction of sp³-hybridized carbons (Fsp3) is 0.400. The Balaban J connectivity index is 1.53. The van der Waals surface area contributed by atoms with Crippen LogP contribution in [0.15, 0.2) is 48.5 Å². The van der Waals surface area contributed by atoms with Crippen molar-refractivity contribution >= 4 is 22.3 Å². The van der Waals surface area contributed by atoms with Crippen LogP contribution >= 0.6 is 0 Å². The van der Waals surface area contributed by atoms with Gasteiger partial charge in [-0.05, 0) is 55.9 Å². The number of nitrogens with zero attached hydrogens (tertiary/aromatic N) is 3. The maximum Gasteiger partial charge on any atom is 0.0755 e. The smallest absolute Gasteiger partial charge is 0.0755 e. The molecule has 144 valence electrons. The summed E-state index contributed by atoms with van der Waals surface area (Å²) in [6.07, 6.45) is 6.21. The van der Waals surface area contributed by atoms with Crippen LogP contribution in [0.4, 0.5) is 11.4 Å². The van der Waals surface area contributed by atoms with E-state index >= 15 is 0 Å². The van der Waals surface area contributed by atoms with E-state index in [-0.39, 0.29) is 0 Å². The summed E-state index contributed by atoms with van der Waals surface area (Å²) in [5.41, 5.74) is 8.23. The van der Waals surface area contributed by atoms with Gasteiger partial charge in [-0.1, -0.05) is 42.8 Å². The maximum absolute atomic E-state index is 5.16. The summed E-state index contributed by atoms with van der Waals surface area (Å²) < 4.78 is 0. The standard InChI is InChI=1S/C25H29N3/c1-19-9-8-13-22-24(19)26-23-14-7-3-6-12-21(23)25(22)28-17-15-27(16-18-28)20-10-4-2-5-11-20/h2,4-5,8-11,13H,3,6-7,12,14-18H2,1H3. The van der Waals surface area contributed by atoms with Gasteiger partial charge < -0.3 is 9.80 Å². The lowest BCUT2D eigenvalue weighted by Crippen LogP contribution is -2.47. The number of aromatic nitrogens is 1. The van der Waals surface area contributed by atoms with Crippen molar-refractivity contribution in [1.29, 1.82) is 0 Å². The third kappa shape index (κ3) is 3.13. The van der Waals surface area contributed by atoms with E-state index in [0.717, 1.165) is 32.6 Å². The zero-order chi connectivity index (χ0) is 18.9. The van der Waals surface area contributed by atoms with E-state index in [1.54, 1.807) is 0 Å². The molecule has 2 aromatic carbocycles. The predicted octanol–water partition coefficient (Wildman–Crippen LogP) is 5.14. The number of fused-ring (bicyclic) bond motifs is 2. The first kappa shape index (κ1) is 17.5. The van der Waals surface area contributed by atoms with E-state index in [9.17, 15) is 0 Å². The molecule has 0 unspecified atom stereocenters. The normalized spacial score (nSPS) is 17.5. The second-order valence-corrected chi connectivity index (χ2v) is 8.23. The van der Waals surface area contributed by atoms with Crippen molar-refractivity contribution in [2.75, 3.05) is 36.0 Å². The van der Waals surface area contributed by atoms with E-state index in [1.165, 1.54) is 64.8 Å². The summed E-state index contributed by atoms with van der Waals surface area (Å²) in [6, 6.07) is 17.5. The van der Waals surface area contributed by atoms with Gasteiger partial charge in [0.25, 0.3) is 0 Å². The Morgan fingerprint density at radius 2 is 1.50 bits per heavy atom. The zero-order valence-corrected chi connectivity index (χ0v) is 16.8. The Morgan fingerprint density at radius 3 is 2.32 bits per heavy atom. The lowest BCUT2D eigenvalue weighted by molar-refractivity contribution is 0.651. The molecule has 3 heteroatoms. The number of aryl methyl sites for hydroxylation is 2. The SMILES string of the molecule is Cc1cccc2c(N3CCN(c4ccccc4)CC3)c3c(nc12)CCCCC3. The molecule has 1 fully saturated rings. The van der Waals surface area contributed by atoms with Crippen LogP contribution in [0, 0.1) is 6.92 Å². The molecule has 0 bridgehead atoms. The Morgan fingerprint density at radius 1 is 0.750 bits per heavy atom. The predicted molar refractivity (Wildman–Crippen MR) is 119 cm³/mol. The number of benzene rings is 2. The third-order valence-corrected chi connectivity index (χ3v) is 6.43. The Labute approximate surface area is 168 Å². The van der Waals surface area contributed by atoms with Gasteiger partial charge in [-0.15, -0.1) is 0 Å². The summed E-state index contributed by atoms with van der Waals surface area (Å²) in [6.45, 7) is 6.52. The van der Waals surface area contributed by atoms with Crippen molar-refractivity contribution < 1.29 is 0 Å². The molecule has 0 N–H and O–H groups in total. The third-order valence-electron chi connectivity index (χ3n) is 6.43. The zero-order valence-electron chi connectivity index (χ0n) is 16.8. The summed E-state index contributed by atoms with van der Waals surface area (Å²) in [5, 5.41) is 1.36. The lowest BCUT2D eigenvalue weighted by atomic mass is 9.98. The number of hydrogen-bond donors (Lipinski definition) is 0. The number of pyridine rings is 1. The molecule has 1 aliphatic carbocycles. The molecule has 1 aromatic heterocycles. The van der Waals surface area contributed by atoms with E-state index in [2.05, 4.69) is 65.3 Å². The van der Waals surface area contributed by atoms with E-state index in [4.69, 9.17) is 4.98 Å². The molecular weight excluding hydrogens is 342 g/mol. The minimum absolute atomic E-state index is 1.08. The molecule has 3 nitrogen and oxygen atoms in total. The fourth-order valence-corrected chi connectivity index (χ4v) is 4.93. The van der Waals surface area contributed by atoms with Crippen molar-refractivity contribution in [1.82, 2.24) is 4.98 Å². The lowest BCUT2D eigenvalue weighted by Gasteiger charge is -2.39. The van der Waals surface area contributed by atoms with Crippen LogP contribution in [0.3, 0.4) is 0 Å². The Bertz CT molecular complexity index is 972. The second kappa shape index (κ2) is 7.46. The van der Waals surface area contributed by atoms with Crippen LogP contribution in [-0.2, 0) is 12.8 Å². The van der Waals surface area contributed by atoms with Crippen LogP contribution in [0.25, 0.3) is 10.9 Å². The Hall–Kier alpha value is -2.55. The van der Waals surface area contributed by atoms with Gasteiger partial charge in [0.2, 0.25) is 0 Å².